The molecule has 0 unspecified atom stereocenters. The number of pyridine rings is 2. The molecule has 0 bridgehead atoms. The maximum Gasteiger partial charge on any atom is 0.270 e. The van der Waals surface area contributed by atoms with Crippen LogP contribution in [-0.4, -0.2) is 41.7 Å². The third-order valence-corrected chi connectivity index (χ3v) is 4.37. The van der Waals surface area contributed by atoms with Gasteiger partial charge in [0.15, 0.2) is 0 Å². The Bertz CT molecular complexity index is 721. The lowest BCUT2D eigenvalue weighted by atomic mass is 10.0. The molecule has 0 saturated carbocycles. The Morgan fingerprint density at radius 3 is 2.96 bits per heavy atom. The number of hydrogen-bond donors (Lipinski definition) is 1. The first-order valence-corrected chi connectivity index (χ1v) is 9.12. The molecule has 6 heteroatoms. The van der Waals surface area contributed by atoms with Crippen LogP contribution in [0.5, 0.6) is 0 Å². The Labute approximate surface area is 154 Å². The van der Waals surface area contributed by atoms with Gasteiger partial charge in [-0.2, -0.15) is 0 Å². The molecule has 0 aromatic carbocycles. The Hall–Kier alpha value is -2.47. The van der Waals surface area contributed by atoms with Gasteiger partial charge in [0, 0.05) is 31.2 Å². The molecular weight excluding hydrogens is 328 g/mol. The second-order valence-electron chi connectivity index (χ2n) is 6.97. The van der Waals surface area contributed by atoms with E-state index >= 15 is 0 Å². The lowest BCUT2D eigenvalue weighted by Crippen LogP contribution is -2.43. The molecule has 1 atom stereocenters. The first kappa shape index (κ1) is 18.3. The van der Waals surface area contributed by atoms with E-state index in [9.17, 15) is 4.79 Å². The van der Waals surface area contributed by atoms with Gasteiger partial charge in [0.2, 0.25) is 0 Å². The smallest absolute Gasteiger partial charge is 0.270 e. The molecule has 0 radical (unpaired) electrons. The number of nitrogens with one attached hydrogen (secondary N) is 1. The number of anilines is 1. The lowest BCUT2D eigenvalue weighted by Gasteiger charge is -2.35. The highest BCUT2D eigenvalue weighted by Crippen LogP contribution is 2.21. The van der Waals surface area contributed by atoms with Crippen molar-refractivity contribution in [2.45, 2.75) is 32.9 Å². The van der Waals surface area contributed by atoms with Gasteiger partial charge in [-0.1, -0.05) is 19.9 Å². The maximum atomic E-state index is 12.4. The topological polar surface area (TPSA) is 67.4 Å². The summed E-state index contributed by atoms with van der Waals surface area (Å²) in [5, 5.41) is 2.87. The Balaban J connectivity index is 1.63. The van der Waals surface area contributed by atoms with E-state index in [0.717, 1.165) is 30.9 Å². The fourth-order valence-electron chi connectivity index (χ4n) is 3.13. The standard InChI is InChI=1S/C20H26N4O2/c1-15(2)11-18-14-24(9-10-26-18)17-6-8-22-19(12-17)20(25)23-13-16-5-3-4-7-21-16/h3-8,12,15,18H,9-11,13-14H2,1-2H3,(H,23,25)/t18-/m0/s1. The molecule has 2 aromatic rings. The van der Waals surface area contributed by atoms with Crippen LogP contribution in [0.15, 0.2) is 42.7 Å². The molecule has 1 fully saturated rings. The van der Waals surface area contributed by atoms with Crippen LogP contribution in [0.4, 0.5) is 5.69 Å². The monoisotopic (exact) mass is 354 g/mol. The van der Waals surface area contributed by atoms with Crippen molar-refractivity contribution < 1.29 is 9.53 Å². The number of ether oxygens (including phenoxy) is 1. The van der Waals surface area contributed by atoms with Gasteiger partial charge in [-0.25, -0.2) is 0 Å². The van der Waals surface area contributed by atoms with Crippen LogP contribution in [0.3, 0.4) is 0 Å². The molecule has 3 rings (SSSR count). The minimum Gasteiger partial charge on any atom is -0.375 e. The van der Waals surface area contributed by atoms with E-state index < -0.39 is 0 Å². The molecule has 138 valence electrons. The molecule has 3 heterocycles. The fourth-order valence-corrected chi connectivity index (χ4v) is 3.13. The number of carbonyl (C=O) groups excluding carboxylic acids is 1. The largest absolute Gasteiger partial charge is 0.375 e. The van der Waals surface area contributed by atoms with E-state index in [1.165, 1.54) is 0 Å². The summed E-state index contributed by atoms with van der Waals surface area (Å²) in [6.07, 6.45) is 4.68. The molecule has 0 spiro atoms. The number of rotatable bonds is 6. The zero-order valence-corrected chi connectivity index (χ0v) is 15.4. The number of aromatic nitrogens is 2. The number of morpholine rings is 1. The molecule has 1 N–H and O–H groups in total. The van der Waals surface area contributed by atoms with Crippen molar-refractivity contribution in [3.63, 3.8) is 0 Å². The summed E-state index contributed by atoms with van der Waals surface area (Å²) in [5.41, 5.74) is 2.26. The predicted molar refractivity (Wildman–Crippen MR) is 101 cm³/mol. The first-order chi connectivity index (χ1) is 12.6. The van der Waals surface area contributed by atoms with E-state index in [1.807, 2.05) is 30.3 Å². The van der Waals surface area contributed by atoms with E-state index in [-0.39, 0.29) is 12.0 Å². The Morgan fingerprint density at radius 2 is 2.19 bits per heavy atom. The summed E-state index contributed by atoms with van der Waals surface area (Å²) in [7, 11) is 0. The van der Waals surface area contributed by atoms with Gasteiger partial charge in [0.25, 0.3) is 5.91 Å². The highest BCUT2D eigenvalue weighted by Gasteiger charge is 2.22. The van der Waals surface area contributed by atoms with Crippen molar-refractivity contribution in [1.29, 1.82) is 0 Å². The third-order valence-electron chi connectivity index (χ3n) is 4.37. The van der Waals surface area contributed by atoms with E-state index in [2.05, 4.69) is 34.0 Å². The molecule has 6 nitrogen and oxygen atoms in total. The van der Waals surface area contributed by atoms with Crippen molar-refractivity contribution in [2.24, 2.45) is 5.92 Å². The molecule has 1 saturated heterocycles. The summed E-state index contributed by atoms with van der Waals surface area (Å²) < 4.78 is 5.86. The molecule has 26 heavy (non-hydrogen) atoms. The number of hydrogen-bond acceptors (Lipinski definition) is 5. The first-order valence-electron chi connectivity index (χ1n) is 9.12. The number of carbonyl (C=O) groups is 1. The number of amides is 1. The van der Waals surface area contributed by atoms with Gasteiger partial charge >= 0.3 is 0 Å². The predicted octanol–water partition coefficient (Wildman–Crippen LogP) is 2.66. The van der Waals surface area contributed by atoms with Crippen LogP contribution < -0.4 is 10.2 Å². The Morgan fingerprint density at radius 1 is 1.31 bits per heavy atom. The molecule has 1 aliphatic heterocycles. The van der Waals surface area contributed by atoms with Crippen LogP contribution in [0.2, 0.25) is 0 Å². The minimum atomic E-state index is -0.190. The van der Waals surface area contributed by atoms with Crippen LogP contribution in [-0.2, 0) is 11.3 Å². The normalized spacial score (nSPS) is 17.3. The van der Waals surface area contributed by atoms with Gasteiger partial charge in [-0.15, -0.1) is 0 Å². The summed E-state index contributed by atoms with van der Waals surface area (Å²) >= 11 is 0. The quantitative estimate of drug-likeness (QED) is 0.864. The highest BCUT2D eigenvalue weighted by atomic mass is 16.5. The van der Waals surface area contributed by atoms with Crippen molar-refractivity contribution in [3.8, 4) is 0 Å². The van der Waals surface area contributed by atoms with Crippen molar-refractivity contribution >= 4 is 11.6 Å². The molecule has 0 aliphatic carbocycles. The SMILES string of the molecule is CC(C)C[C@H]1CN(c2ccnc(C(=O)NCc3ccccn3)c2)CCO1. The summed E-state index contributed by atoms with van der Waals surface area (Å²) in [6, 6.07) is 9.44. The van der Waals surface area contributed by atoms with Gasteiger partial charge < -0.3 is 15.0 Å². The van der Waals surface area contributed by atoms with Gasteiger partial charge in [0.1, 0.15) is 5.69 Å². The summed E-state index contributed by atoms with van der Waals surface area (Å²) in [5.74, 6) is 0.412. The van der Waals surface area contributed by atoms with Crippen LogP contribution in [0.1, 0.15) is 36.5 Å². The molecule has 1 amide bonds. The highest BCUT2D eigenvalue weighted by molar-refractivity contribution is 5.93. The zero-order chi connectivity index (χ0) is 18.4. The third kappa shape index (κ3) is 5.02. The molecule has 2 aromatic heterocycles. The van der Waals surface area contributed by atoms with Gasteiger partial charge in [-0.05, 0) is 36.6 Å². The minimum absolute atomic E-state index is 0.190. The van der Waals surface area contributed by atoms with Crippen molar-refractivity contribution in [3.05, 3.63) is 54.1 Å². The van der Waals surface area contributed by atoms with Crippen molar-refractivity contribution in [2.75, 3.05) is 24.6 Å². The summed E-state index contributed by atoms with van der Waals surface area (Å²) in [4.78, 5) is 23.1. The van der Waals surface area contributed by atoms with Gasteiger partial charge in [0.05, 0.1) is 24.9 Å². The molecule has 1 aliphatic rings. The average molecular weight is 354 g/mol. The van der Waals surface area contributed by atoms with Crippen molar-refractivity contribution in [1.82, 2.24) is 15.3 Å². The van der Waals surface area contributed by atoms with E-state index in [0.29, 0.717) is 24.8 Å². The fraction of sp³-hybridized carbons (Fsp3) is 0.450. The van der Waals surface area contributed by atoms with Crippen LogP contribution in [0, 0.1) is 5.92 Å². The second kappa shape index (κ2) is 8.76. The van der Waals surface area contributed by atoms with Crippen LogP contribution >= 0.6 is 0 Å². The molecular formula is C20H26N4O2. The van der Waals surface area contributed by atoms with E-state index in [4.69, 9.17) is 4.74 Å². The number of nitrogens with zero attached hydrogens (tertiary/aromatic N) is 3. The second-order valence-corrected chi connectivity index (χ2v) is 6.97. The Kier molecular flexibility index (Phi) is 6.17. The average Bonchev–Trinajstić information content (AvgIpc) is 2.67. The lowest BCUT2D eigenvalue weighted by molar-refractivity contribution is 0.0276. The maximum absolute atomic E-state index is 12.4. The zero-order valence-electron chi connectivity index (χ0n) is 15.4. The van der Waals surface area contributed by atoms with Crippen LogP contribution in [0.25, 0.3) is 0 Å². The summed E-state index contributed by atoms with van der Waals surface area (Å²) in [6.45, 7) is 7.18. The van der Waals surface area contributed by atoms with E-state index in [1.54, 1.807) is 12.4 Å². The van der Waals surface area contributed by atoms with Gasteiger partial charge in [-0.3, -0.25) is 14.8 Å².